The molecule has 1 aromatic heterocycles. The molecule has 0 amide bonds. The van der Waals surface area contributed by atoms with E-state index in [4.69, 9.17) is 18.0 Å². The molecule has 0 aliphatic carbocycles. The van der Waals surface area contributed by atoms with Crippen LogP contribution < -0.4 is 10.6 Å². The molecule has 0 radical (unpaired) electrons. The summed E-state index contributed by atoms with van der Waals surface area (Å²) in [4.78, 5) is 7.01. The van der Waals surface area contributed by atoms with Gasteiger partial charge < -0.3 is 10.6 Å². The van der Waals surface area contributed by atoms with Crippen LogP contribution in [-0.4, -0.2) is 33.6 Å². The fourth-order valence-electron chi connectivity index (χ4n) is 1.96. The SMILES string of the molecule is CC1(C)CN(c2ccc(C(N)=S)nc2)CCS1. The molecule has 5 heteroatoms. The molecular formula is C12H17N3S2. The quantitative estimate of drug-likeness (QED) is 0.831. The van der Waals surface area contributed by atoms with Crippen molar-refractivity contribution in [3.8, 4) is 0 Å². The summed E-state index contributed by atoms with van der Waals surface area (Å²) in [6.07, 6.45) is 1.86. The lowest BCUT2D eigenvalue weighted by Gasteiger charge is -2.38. The van der Waals surface area contributed by atoms with Gasteiger partial charge in [-0.3, -0.25) is 4.98 Å². The van der Waals surface area contributed by atoms with E-state index < -0.39 is 0 Å². The number of pyridine rings is 1. The van der Waals surface area contributed by atoms with E-state index in [1.807, 2.05) is 30.1 Å². The van der Waals surface area contributed by atoms with Crippen LogP contribution in [0.5, 0.6) is 0 Å². The highest BCUT2D eigenvalue weighted by atomic mass is 32.2. The van der Waals surface area contributed by atoms with Crippen LogP contribution in [0.4, 0.5) is 5.69 Å². The Morgan fingerprint density at radius 2 is 2.29 bits per heavy atom. The van der Waals surface area contributed by atoms with Gasteiger partial charge in [0, 0.05) is 23.6 Å². The minimum absolute atomic E-state index is 0.306. The third kappa shape index (κ3) is 3.10. The molecule has 2 heterocycles. The van der Waals surface area contributed by atoms with Crippen molar-refractivity contribution in [2.45, 2.75) is 18.6 Å². The average Bonchev–Trinajstić information content (AvgIpc) is 2.28. The molecule has 0 bridgehead atoms. The Morgan fingerprint density at radius 1 is 1.53 bits per heavy atom. The van der Waals surface area contributed by atoms with Crippen LogP contribution in [0.1, 0.15) is 19.5 Å². The highest BCUT2D eigenvalue weighted by Crippen LogP contribution is 2.31. The van der Waals surface area contributed by atoms with Crippen LogP contribution in [0.25, 0.3) is 0 Å². The van der Waals surface area contributed by atoms with Gasteiger partial charge in [-0.25, -0.2) is 0 Å². The summed E-state index contributed by atoms with van der Waals surface area (Å²) in [6.45, 7) is 6.68. The van der Waals surface area contributed by atoms with E-state index in [2.05, 4.69) is 23.7 Å². The highest BCUT2D eigenvalue weighted by molar-refractivity contribution is 8.00. The van der Waals surface area contributed by atoms with E-state index in [-0.39, 0.29) is 0 Å². The third-order valence-corrected chi connectivity index (χ3v) is 4.30. The van der Waals surface area contributed by atoms with Crippen LogP contribution in [0.2, 0.25) is 0 Å². The van der Waals surface area contributed by atoms with Crippen molar-refractivity contribution in [2.24, 2.45) is 5.73 Å². The molecule has 17 heavy (non-hydrogen) atoms. The van der Waals surface area contributed by atoms with E-state index in [0.717, 1.165) is 24.5 Å². The number of thioether (sulfide) groups is 1. The second kappa shape index (κ2) is 4.82. The van der Waals surface area contributed by atoms with E-state index in [1.165, 1.54) is 0 Å². The molecule has 0 spiro atoms. The zero-order valence-electron chi connectivity index (χ0n) is 10.1. The summed E-state index contributed by atoms with van der Waals surface area (Å²) in [5, 5.41) is 0. The Labute approximate surface area is 112 Å². The Bertz CT molecular complexity index is 414. The van der Waals surface area contributed by atoms with E-state index in [0.29, 0.717) is 15.4 Å². The average molecular weight is 267 g/mol. The van der Waals surface area contributed by atoms with Crippen molar-refractivity contribution < 1.29 is 0 Å². The molecule has 2 rings (SSSR count). The van der Waals surface area contributed by atoms with Gasteiger partial charge in [-0.2, -0.15) is 11.8 Å². The summed E-state index contributed by atoms with van der Waals surface area (Å²) < 4.78 is 0.306. The summed E-state index contributed by atoms with van der Waals surface area (Å²) in [7, 11) is 0. The molecule has 0 atom stereocenters. The first kappa shape index (κ1) is 12.6. The Balaban J connectivity index is 2.14. The molecule has 3 nitrogen and oxygen atoms in total. The number of rotatable bonds is 2. The van der Waals surface area contributed by atoms with Gasteiger partial charge >= 0.3 is 0 Å². The molecule has 0 unspecified atom stereocenters. The van der Waals surface area contributed by atoms with E-state index >= 15 is 0 Å². The third-order valence-electron chi connectivity index (χ3n) is 2.79. The van der Waals surface area contributed by atoms with Crippen molar-refractivity contribution in [3.63, 3.8) is 0 Å². The fraction of sp³-hybridized carbons (Fsp3) is 0.500. The van der Waals surface area contributed by atoms with Crippen molar-refractivity contribution in [2.75, 3.05) is 23.7 Å². The summed E-state index contributed by atoms with van der Waals surface area (Å²) >= 11 is 6.92. The molecule has 2 N–H and O–H groups in total. The lowest BCUT2D eigenvalue weighted by molar-refractivity contribution is 0.647. The van der Waals surface area contributed by atoms with E-state index in [9.17, 15) is 0 Å². The lowest BCUT2D eigenvalue weighted by atomic mass is 10.1. The number of nitrogens with two attached hydrogens (primary N) is 1. The number of aromatic nitrogens is 1. The van der Waals surface area contributed by atoms with Crippen molar-refractivity contribution in [3.05, 3.63) is 24.0 Å². The number of hydrogen-bond acceptors (Lipinski definition) is 4. The molecule has 92 valence electrons. The maximum absolute atomic E-state index is 5.54. The first-order valence-corrected chi connectivity index (χ1v) is 7.02. The molecule has 1 aromatic rings. The van der Waals surface area contributed by atoms with E-state index in [1.54, 1.807) is 0 Å². The Hall–Kier alpha value is -0.810. The maximum Gasteiger partial charge on any atom is 0.122 e. The Morgan fingerprint density at radius 3 is 2.82 bits per heavy atom. The molecule has 1 aliphatic rings. The Kier molecular flexibility index (Phi) is 3.58. The van der Waals surface area contributed by atoms with Crippen LogP contribution in [-0.2, 0) is 0 Å². The van der Waals surface area contributed by atoms with Gasteiger partial charge in [0.05, 0.1) is 17.6 Å². The smallest absolute Gasteiger partial charge is 0.122 e. The summed E-state index contributed by atoms with van der Waals surface area (Å²) in [5.74, 6) is 1.16. The predicted molar refractivity (Wildman–Crippen MR) is 78.9 cm³/mol. The molecule has 1 aliphatic heterocycles. The molecule has 1 fully saturated rings. The predicted octanol–water partition coefficient (Wildman–Crippen LogP) is 2.05. The first-order valence-electron chi connectivity index (χ1n) is 5.63. The van der Waals surface area contributed by atoms with Gasteiger partial charge in [-0.05, 0) is 26.0 Å². The zero-order valence-corrected chi connectivity index (χ0v) is 11.8. The maximum atomic E-state index is 5.54. The van der Waals surface area contributed by atoms with Gasteiger partial charge in [0.1, 0.15) is 4.99 Å². The topological polar surface area (TPSA) is 42.1 Å². The second-order valence-corrected chi connectivity index (χ2v) is 7.04. The van der Waals surface area contributed by atoms with Crippen LogP contribution in [0.3, 0.4) is 0 Å². The van der Waals surface area contributed by atoms with Gasteiger partial charge in [0.25, 0.3) is 0 Å². The van der Waals surface area contributed by atoms with Gasteiger partial charge in [-0.15, -0.1) is 0 Å². The number of nitrogens with zero attached hydrogens (tertiary/aromatic N) is 2. The van der Waals surface area contributed by atoms with Gasteiger partial charge in [0.2, 0.25) is 0 Å². The highest BCUT2D eigenvalue weighted by Gasteiger charge is 2.27. The minimum Gasteiger partial charge on any atom is -0.388 e. The lowest BCUT2D eigenvalue weighted by Crippen LogP contribution is -2.43. The summed E-state index contributed by atoms with van der Waals surface area (Å²) in [6, 6.07) is 3.94. The standard InChI is InChI=1S/C12H17N3S2/c1-12(2)8-15(5-6-17-12)9-3-4-10(11(13)16)14-7-9/h3-4,7H,5-6,8H2,1-2H3,(H2,13,16). The fourth-order valence-corrected chi connectivity index (χ4v) is 3.19. The molecule has 1 saturated heterocycles. The van der Waals surface area contributed by atoms with Crippen LogP contribution >= 0.6 is 24.0 Å². The van der Waals surface area contributed by atoms with Crippen molar-refractivity contribution in [1.29, 1.82) is 0 Å². The second-order valence-electron chi connectivity index (χ2n) is 4.80. The molecular weight excluding hydrogens is 250 g/mol. The largest absolute Gasteiger partial charge is 0.388 e. The monoisotopic (exact) mass is 267 g/mol. The summed E-state index contributed by atoms with van der Waals surface area (Å²) in [5.41, 5.74) is 7.38. The number of hydrogen-bond donors (Lipinski definition) is 1. The zero-order chi connectivity index (χ0) is 12.5. The van der Waals surface area contributed by atoms with Gasteiger partial charge in [0.15, 0.2) is 0 Å². The number of thiocarbonyl (C=S) groups is 1. The van der Waals surface area contributed by atoms with Crippen LogP contribution in [0.15, 0.2) is 18.3 Å². The van der Waals surface area contributed by atoms with Crippen LogP contribution in [0, 0.1) is 0 Å². The minimum atomic E-state index is 0.306. The van der Waals surface area contributed by atoms with Crippen molar-refractivity contribution in [1.82, 2.24) is 4.98 Å². The van der Waals surface area contributed by atoms with Crippen molar-refractivity contribution >= 4 is 34.7 Å². The van der Waals surface area contributed by atoms with Gasteiger partial charge in [-0.1, -0.05) is 12.2 Å². The normalized spacial score (nSPS) is 19.1. The number of anilines is 1. The molecule has 0 saturated carbocycles. The first-order chi connectivity index (χ1) is 7.98. The molecule has 0 aromatic carbocycles.